The van der Waals surface area contributed by atoms with Crippen molar-refractivity contribution >= 4 is 21.8 Å². The predicted molar refractivity (Wildman–Crippen MR) is 78.0 cm³/mol. The zero-order valence-electron chi connectivity index (χ0n) is 11.1. The molecule has 1 N–H and O–H groups in total. The number of amides is 1. The Bertz CT molecular complexity index is 433. The molecular weight excluding hydrogens is 308 g/mol. The SMILES string of the molecule is CC(NCC(=O)N1CCOCC1)c1cccc(Br)c1. The van der Waals surface area contributed by atoms with E-state index in [0.717, 1.165) is 4.47 Å². The number of nitrogens with one attached hydrogen (secondary N) is 1. The van der Waals surface area contributed by atoms with Gasteiger partial charge in [0.2, 0.25) is 5.91 Å². The van der Waals surface area contributed by atoms with Gasteiger partial charge in [0.05, 0.1) is 19.8 Å². The first kappa shape index (κ1) is 14.5. The molecule has 19 heavy (non-hydrogen) atoms. The van der Waals surface area contributed by atoms with E-state index in [9.17, 15) is 4.79 Å². The molecule has 0 saturated carbocycles. The summed E-state index contributed by atoms with van der Waals surface area (Å²) in [5.74, 6) is 0.144. The predicted octanol–water partition coefficient (Wildman–Crippen LogP) is 1.96. The molecule has 4 nitrogen and oxygen atoms in total. The van der Waals surface area contributed by atoms with Gasteiger partial charge in [-0.2, -0.15) is 0 Å². The second-order valence-corrected chi connectivity index (χ2v) is 5.57. The summed E-state index contributed by atoms with van der Waals surface area (Å²) >= 11 is 3.46. The summed E-state index contributed by atoms with van der Waals surface area (Å²) in [4.78, 5) is 13.9. The van der Waals surface area contributed by atoms with Crippen LogP contribution in [-0.2, 0) is 9.53 Å². The van der Waals surface area contributed by atoms with Gasteiger partial charge in [-0.15, -0.1) is 0 Å². The molecule has 2 rings (SSSR count). The number of nitrogens with zero attached hydrogens (tertiary/aromatic N) is 1. The summed E-state index contributed by atoms with van der Waals surface area (Å²) < 4.78 is 6.29. The van der Waals surface area contributed by atoms with Gasteiger partial charge in [-0.3, -0.25) is 4.79 Å². The number of morpholine rings is 1. The Balaban J connectivity index is 1.82. The topological polar surface area (TPSA) is 41.6 Å². The molecule has 1 aliphatic heterocycles. The van der Waals surface area contributed by atoms with Crippen molar-refractivity contribution in [1.29, 1.82) is 0 Å². The molecule has 1 saturated heterocycles. The number of ether oxygens (including phenoxy) is 1. The molecule has 1 atom stereocenters. The highest BCUT2D eigenvalue weighted by Crippen LogP contribution is 2.17. The van der Waals surface area contributed by atoms with Crippen LogP contribution in [0.25, 0.3) is 0 Å². The minimum absolute atomic E-state index is 0.144. The van der Waals surface area contributed by atoms with Crippen LogP contribution >= 0.6 is 15.9 Å². The molecule has 0 bridgehead atoms. The third-order valence-electron chi connectivity index (χ3n) is 3.27. The Morgan fingerprint density at radius 3 is 2.89 bits per heavy atom. The summed E-state index contributed by atoms with van der Waals surface area (Å²) in [6.07, 6.45) is 0. The fourth-order valence-corrected chi connectivity index (χ4v) is 2.48. The molecule has 1 aromatic carbocycles. The van der Waals surface area contributed by atoms with Crippen LogP contribution in [-0.4, -0.2) is 43.7 Å². The number of rotatable bonds is 4. The van der Waals surface area contributed by atoms with Crippen LogP contribution in [0.4, 0.5) is 0 Å². The maximum atomic E-state index is 12.0. The first-order valence-electron chi connectivity index (χ1n) is 6.51. The van der Waals surface area contributed by atoms with Crippen molar-refractivity contribution in [2.24, 2.45) is 0 Å². The van der Waals surface area contributed by atoms with E-state index in [1.54, 1.807) is 0 Å². The number of halogens is 1. The average molecular weight is 327 g/mol. The van der Waals surface area contributed by atoms with Gasteiger partial charge in [0, 0.05) is 23.6 Å². The number of carbonyl (C=O) groups is 1. The summed E-state index contributed by atoms with van der Waals surface area (Å²) in [5.41, 5.74) is 1.17. The standard InChI is InChI=1S/C14H19BrN2O2/c1-11(12-3-2-4-13(15)9-12)16-10-14(18)17-5-7-19-8-6-17/h2-4,9,11,16H,5-8,10H2,1H3. The van der Waals surface area contributed by atoms with Crippen LogP contribution in [0.2, 0.25) is 0 Å². The van der Waals surface area contributed by atoms with Gasteiger partial charge in [0.25, 0.3) is 0 Å². The van der Waals surface area contributed by atoms with E-state index in [1.807, 2.05) is 17.0 Å². The van der Waals surface area contributed by atoms with Crippen LogP contribution in [0.5, 0.6) is 0 Å². The van der Waals surface area contributed by atoms with Crippen molar-refractivity contribution in [3.8, 4) is 0 Å². The fraction of sp³-hybridized carbons (Fsp3) is 0.500. The molecule has 1 aliphatic rings. The zero-order valence-corrected chi connectivity index (χ0v) is 12.6. The first-order chi connectivity index (χ1) is 9.16. The summed E-state index contributed by atoms with van der Waals surface area (Å²) in [5, 5.41) is 3.27. The molecule has 1 unspecified atom stereocenters. The Kier molecular flexibility index (Phi) is 5.36. The lowest BCUT2D eigenvalue weighted by Gasteiger charge is -2.27. The van der Waals surface area contributed by atoms with Crippen LogP contribution in [0.1, 0.15) is 18.5 Å². The second kappa shape index (κ2) is 7.03. The Hall–Kier alpha value is -0.910. The first-order valence-corrected chi connectivity index (χ1v) is 7.30. The molecule has 0 spiro atoms. The molecule has 1 heterocycles. The second-order valence-electron chi connectivity index (χ2n) is 4.65. The van der Waals surface area contributed by atoms with Crippen LogP contribution < -0.4 is 5.32 Å². The number of carbonyl (C=O) groups excluding carboxylic acids is 1. The number of hydrogen-bond acceptors (Lipinski definition) is 3. The summed E-state index contributed by atoms with van der Waals surface area (Å²) in [6.45, 7) is 5.12. The largest absolute Gasteiger partial charge is 0.378 e. The summed E-state index contributed by atoms with van der Waals surface area (Å²) in [7, 11) is 0. The molecular formula is C14H19BrN2O2. The van der Waals surface area contributed by atoms with E-state index in [1.165, 1.54) is 5.56 Å². The lowest BCUT2D eigenvalue weighted by molar-refractivity contribution is -0.134. The Morgan fingerprint density at radius 1 is 1.47 bits per heavy atom. The highest BCUT2D eigenvalue weighted by Gasteiger charge is 2.17. The minimum Gasteiger partial charge on any atom is -0.378 e. The maximum Gasteiger partial charge on any atom is 0.236 e. The van der Waals surface area contributed by atoms with E-state index < -0.39 is 0 Å². The third kappa shape index (κ3) is 4.30. The van der Waals surface area contributed by atoms with E-state index in [-0.39, 0.29) is 11.9 Å². The molecule has 0 aromatic heterocycles. The van der Waals surface area contributed by atoms with Crippen molar-refractivity contribution in [2.75, 3.05) is 32.8 Å². The van der Waals surface area contributed by atoms with Crippen molar-refractivity contribution in [1.82, 2.24) is 10.2 Å². The van der Waals surface area contributed by atoms with E-state index in [2.05, 4.69) is 40.3 Å². The molecule has 1 fully saturated rings. The Morgan fingerprint density at radius 2 is 2.21 bits per heavy atom. The van der Waals surface area contributed by atoms with Crippen LogP contribution in [0.15, 0.2) is 28.7 Å². The van der Waals surface area contributed by atoms with Crippen molar-refractivity contribution in [3.05, 3.63) is 34.3 Å². The zero-order chi connectivity index (χ0) is 13.7. The van der Waals surface area contributed by atoms with Gasteiger partial charge >= 0.3 is 0 Å². The van der Waals surface area contributed by atoms with Gasteiger partial charge < -0.3 is 15.0 Å². The average Bonchev–Trinajstić information content (AvgIpc) is 2.45. The van der Waals surface area contributed by atoms with Crippen LogP contribution in [0, 0.1) is 0 Å². The van der Waals surface area contributed by atoms with Gasteiger partial charge in [-0.05, 0) is 24.6 Å². The molecule has 0 aliphatic carbocycles. The fourth-order valence-electron chi connectivity index (χ4n) is 2.06. The van der Waals surface area contributed by atoms with Gasteiger partial charge in [-0.25, -0.2) is 0 Å². The molecule has 1 amide bonds. The third-order valence-corrected chi connectivity index (χ3v) is 3.77. The lowest BCUT2D eigenvalue weighted by atomic mass is 10.1. The highest BCUT2D eigenvalue weighted by molar-refractivity contribution is 9.10. The van der Waals surface area contributed by atoms with Crippen molar-refractivity contribution in [2.45, 2.75) is 13.0 Å². The van der Waals surface area contributed by atoms with Crippen LogP contribution in [0.3, 0.4) is 0 Å². The monoisotopic (exact) mass is 326 g/mol. The van der Waals surface area contributed by atoms with Gasteiger partial charge in [-0.1, -0.05) is 28.1 Å². The molecule has 1 aromatic rings. The normalized spacial score (nSPS) is 17.3. The smallest absolute Gasteiger partial charge is 0.236 e. The molecule has 0 radical (unpaired) electrons. The maximum absolute atomic E-state index is 12.0. The van der Waals surface area contributed by atoms with E-state index in [4.69, 9.17) is 4.74 Å². The molecule has 5 heteroatoms. The van der Waals surface area contributed by atoms with Gasteiger partial charge in [0.1, 0.15) is 0 Å². The number of hydrogen-bond donors (Lipinski definition) is 1. The van der Waals surface area contributed by atoms with Crippen molar-refractivity contribution < 1.29 is 9.53 Å². The number of benzene rings is 1. The molecule has 104 valence electrons. The van der Waals surface area contributed by atoms with E-state index >= 15 is 0 Å². The highest BCUT2D eigenvalue weighted by atomic mass is 79.9. The van der Waals surface area contributed by atoms with Crippen molar-refractivity contribution in [3.63, 3.8) is 0 Å². The van der Waals surface area contributed by atoms with E-state index in [0.29, 0.717) is 32.8 Å². The van der Waals surface area contributed by atoms with Gasteiger partial charge in [0.15, 0.2) is 0 Å². The Labute approximate surface area is 122 Å². The lowest BCUT2D eigenvalue weighted by Crippen LogP contribution is -2.45. The minimum atomic E-state index is 0.144. The summed E-state index contributed by atoms with van der Waals surface area (Å²) in [6, 6.07) is 8.28. The quantitative estimate of drug-likeness (QED) is 0.919.